The van der Waals surface area contributed by atoms with Gasteiger partial charge in [-0.1, -0.05) is 12.1 Å². The first-order chi connectivity index (χ1) is 11.7. The largest absolute Gasteiger partial charge is 0.493 e. The van der Waals surface area contributed by atoms with Crippen molar-refractivity contribution in [3.63, 3.8) is 0 Å². The maximum absolute atomic E-state index is 8.58. The van der Waals surface area contributed by atoms with Crippen LogP contribution in [0.4, 0.5) is 0 Å². The zero-order valence-corrected chi connectivity index (χ0v) is 15.1. The van der Waals surface area contributed by atoms with Gasteiger partial charge in [-0.15, -0.1) is 11.3 Å². The fourth-order valence-corrected chi connectivity index (χ4v) is 3.21. The first-order valence-corrected chi connectivity index (χ1v) is 9.03. The van der Waals surface area contributed by atoms with Gasteiger partial charge >= 0.3 is 0 Å². The summed E-state index contributed by atoms with van der Waals surface area (Å²) in [4.78, 5) is 1.39. The monoisotopic (exact) mass is 344 g/mol. The molecule has 128 valence electrons. The predicted octanol–water partition coefficient (Wildman–Crippen LogP) is 4.16. The Bertz CT molecular complexity index is 650. The molecule has 1 aromatic carbocycles. The third-order valence-electron chi connectivity index (χ3n) is 3.66. The van der Waals surface area contributed by atoms with E-state index in [0.717, 1.165) is 36.4 Å². The molecule has 1 N–H and O–H groups in total. The summed E-state index contributed by atoms with van der Waals surface area (Å²) in [5, 5.41) is 14.2. The van der Waals surface area contributed by atoms with Crippen LogP contribution in [-0.4, -0.2) is 19.8 Å². The lowest BCUT2D eigenvalue weighted by molar-refractivity contribution is 0.290. The number of methoxy groups -OCH3 is 1. The zero-order valence-electron chi connectivity index (χ0n) is 14.2. The molecule has 0 radical (unpaired) electrons. The van der Waals surface area contributed by atoms with Gasteiger partial charge in [0, 0.05) is 23.9 Å². The standard InChI is InChI=1S/C19H24N2O2S/c1-15(12-17-6-5-11-24-17)21-14-16-7-8-18(22-2)19(13-16)23-10-4-3-9-20/h5-8,11,13,15,21H,3-4,10,12,14H2,1-2H3. The Hall–Kier alpha value is -2.03. The lowest BCUT2D eigenvalue weighted by Gasteiger charge is -2.15. The van der Waals surface area contributed by atoms with Crippen LogP contribution >= 0.6 is 11.3 Å². The van der Waals surface area contributed by atoms with Gasteiger partial charge in [0.25, 0.3) is 0 Å². The van der Waals surface area contributed by atoms with E-state index in [-0.39, 0.29) is 0 Å². The molecule has 0 aliphatic carbocycles. The van der Waals surface area contributed by atoms with Gasteiger partial charge in [-0.3, -0.25) is 0 Å². The van der Waals surface area contributed by atoms with Crippen molar-refractivity contribution in [1.82, 2.24) is 5.32 Å². The van der Waals surface area contributed by atoms with E-state index in [1.807, 2.05) is 18.2 Å². The quantitative estimate of drug-likeness (QED) is 0.658. The molecule has 1 heterocycles. The average Bonchev–Trinajstić information content (AvgIpc) is 3.10. The molecule has 4 nitrogen and oxygen atoms in total. The third-order valence-corrected chi connectivity index (χ3v) is 4.56. The molecule has 0 bridgehead atoms. The highest BCUT2D eigenvalue weighted by molar-refractivity contribution is 7.09. The highest BCUT2D eigenvalue weighted by Gasteiger charge is 2.08. The Morgan fingerprint density at radius 2 is 2.17 bits per heavy atom. The van der Waals surface area contributed by atoms with Crippen LogP contribution < -0.4 is 14.8 Å². The van der Waals surface area contributed by atoms with Gasteiger partial charge in [0.1, 0.15) is 0 Å². The average molecular weight is 344 g/mol. The molecule has 0 spiro atoms. The first-order valence-electron chi connectivity index (χ1n) is 8.15. The molecule has 24 heavy (non-hydrogen) atoms. The smallest absolute Gasteiger partial charge is 0.161 e. The van der Waals surface area contributed by atoms with Crippen molar-refractivity contribution in [2.45, 2.75) is 38.8 Å². The maximum atomic E-state index is 8.58. The number of nitriles is 1. The Balaban J connectivity index is 1.88. The number of rotatable bonds is 10. The van der Waals surface area contributed by atoms with Crippen LogP contribution in [0.3, 0.4) is 0 Å². The second kappa shape index (κ2) is 9.96. The maximum Gasteiger partial charge on any atom is 0.161 e. The summed E-state index contributed by atoms with van der Waals surface area (Å²) in [7, 11) is 1.64. The van der Waals surface area contributed by atoms with Crippen LogP contribution in [0.1, 0.15) is 30.2 Å². The fourth-order valence-electron chi connectivity index (χ4n) is 2.37. The van der Waals surface area contributed by atoms with Crippen molar-refractivity contribution in [3.05, 3.63) is 46.2 Å². The normalized spacial score (nSPS) is 11.7. The van der Waals surface area contributed by atoms with Crippen molar-refractivity contribution < 1.29 is 9.47 Å². The summed E-state index contributed by atoms with van der Waals surface area (Å²) < 4.78 is 11.1. The van der Waals surface area contributed by atoms with Crippen LogP contribution in [0.5, 0.6) is 11.5 Å². The van der Waals surface area contributed by atoms with E-state index < -0.39 is 0 Å². The molecule has 0 saturated carbocycles. The summed E-state index contributed by atoms with van der Waals surface area (Å²) in [6, 6.07) is 12.8. The molecular weight excluding hydrogens is 320 g/mol. The minimum atomic E-state index is 0.408. The van der Waals surface area contributed by atoms with Gasteiger partial charge in [-0.25, -0.2) is 0 Å². The second-order valence-electron chi connectivity index (χ2n) is 5.66. The van der Waals surface area contributed by atoms with Crippen LogP contribution in [-0.2, 0) is 13.0 Å². The van der Waals surface area contributed by atoms with Gasteiger partial charge in [-0.2, -0.15) is 5.26 Å². The number of unbranched alkanes of at least 4 members (excludes halogenated alkanes) is 1. The minimum Gasteiger partial charge on any atom is -0.493 e. The van der Waals surface area contributed by atoms with Crippen LogP contribution in [0.15, 0.2) is 35.7 Å². The summed E-state index contributed by atoms with van der Waals surface area (Å²) in [6.07, 6.45) is 2.26. The molecule has 1 unspecified atom stereocenters. The van der Waals surface area contributed by atoms with Crippen LogP contribution in [0.25, 0.3) is 0 Å². The molecular formula is C19H24N2O2S. The number of hydrogen-bond acceptors (Lipinski definition) is 5. The van der Waals surface area contributed by atoms with Gasteiger partial charge < -0.3 is 14.8 Å². The van der Waals surface area contributed by atoms with E-state index in [1.54, 1.807) is 18.4 Å². The fraction of sp³-hybridized carbons (Fsp3) is 0.421. The topological polar surface area (TPSA) is 54.3 Å². The molecule has 0 saturated heterocycles. The van der Waals surface area contributed by atoms with Crippen molar-refractivity contribution in [3.8, 4) is 17.6 Å². The molecule has 5 heteroatoms. The highest BCUT2D eigenvalue weighted by Crippen LogP contribution is 2.28. The van der Waals surface area contributed by atoms with Gasteiger partial charge in [-0.05, 0) is 48.9 Å². The van der Waals surface area contributed by atoms with E-state index >= 15 is 0 Å². The molecule has 0 amide bonds. The number of thiophene rings is 1. The van der Waals surface area contributed by atoms with E-state index in [1.165, 1.54) is 4.88 Å². The number of nitrogens with zero attached hydrogens (tertiary/aromatic N) is 1. The number of nitrogens with one attached hydrogen (secondary N) is 1. The molecule has 2 aromatic rings. The number of hydrogen-bond donors (Lipinski definition) is 1. The Morgan fingerprint density at radius 3 is 2.88 bits per heavy atom. The lowest BCUT2D eigenvalue weighted by Crippen LogP contribution is -2.27. The van der Waals surface area contributed by atoms with Crippen LogP contribution in [0.2, 0.25) is 0 Å². The van der Waals surface area contributed by atoms with Crippen molar-refractivity contribution in [2.24, 2.45) is 0 Å². The molecule has 1 aromatic heterocycles. The first kappa shape index (κ1) is 18.3. The van der Waals surface area contributed by atoms with Crippen molar-refractivity contribution in [2.75, 3.05) is 13.7 Å². The Labute approximate surface area is 148 Å². The van der Waals surface area contributed by atoms with E-state index in [4.69, 9.17) is 14.7 Å². The highest BCUT2D eigenvalue weighted by atomic mass is 32.1. The minimum absolute atomic E-state index is 0.408. The van der Waals surface area contributed by atoms with Crippen molar-refractivity contribution in [1.29, 1.82) is 5.26 Å². The molecule has 1 atom stereocenters. The molecule has 0 aliphatic heterocycles. The Kier molecular flexibility index (Phi) is 7.60. The van der Waals surface area contributed by atoms with E-state index in [2.05, 4.69) is 35.8 Å². The van der Waals surface area contributed by atoms with Gasteiger partial charge in [0.2, 0.25) is 0 Å². The van der Waals surface area contributed by atoms with Gasteiger partial charge in [0.05, 0.1) is 19.8 Å². The summed E-state index contributed by atoms with van der Waals surface area (Å²) in [5.74, 6) is 1.46. The number of ether oxygens (including phenoxy) is 2. The predicted molar refractivity (Wildman–Crippen MR) is 97.7 cm³/mol. The Morgan fingerprint density at radius 1 is 1.29 bits per heavy atom. The summed E-state index contributed by atoms with van der Waals surface area (Å²) in [5.41, 5.74) is 1.16. The number of benzene rings is 1. The molecule has 0 aliphatic rings. The lowest BCUT2D eigenvalue weighted by atomic mass is 10.1. The van der Waals surface area contributed by atoms with Crippen molar-refractivity contribution >= 4 is 11.3 Å². The SMILES string of the molecule is COc1ccc(CNC(C)Cc2cccs2)cc1OCCCC#N. The summed E-state index contributed by atoms with van der Waals surface area (Å²) in [6.45, 7) is 3.50. The molecule has 0 fully saturated rings. The van der Waals surface area contributed by atoms with Gasteiger partial charge in [0.15, 0.2) is 11.5 Å². The molecule has 2 rings (SSSR count). The zero-order chi connectivity index (χ0) is 17.2. The van der Waals surface area contributed by atoms with E-state index in [9.17, 15) is 0 Å². The second-order valence-corrected chi connectivity index (χ2v) is 6.69. The third kappa shape index (κ3) is 5.88. The van der Waals surface area contributed by atoms with Crippen LogP contribution in [0, 0.1) is 11.3 Å². The van der Waals surface area contributed by atoms with E-state index in [0.29, 0.717) is 19.1 Å². The summed E-state index contributed by atoms with van der Waals surface area (Å²) >= 11 is 1.79.